The van der Waals surface area contributed by atoms with E-state index in [2.05, 4.69) is 0 Å². The minimum atomic E-state index is -4.36. The van der Waals surface area contributed by atoms with E-state index in [1.165, 1.54) is 17.0 Å². The van der Waals surface area contributed by atoms with Crippen molar-refractivity contribution in [3.8, 4) is 5.75 Å². The number of hydrogen-bond acceptors (Lipinski definition) is 2. The topological polar surface area (TPSA) is 55.6 Å². The number of alkyl halides is 3. The third-order valence-corrected chi connectivity index (χ3v) is 3.38. The highest BCUT2D eigenvalue weighted by Crippen LogP contribution is 2.31. The molecule has 2 rings (SSSR count). The number of benzene rings is 1. The number of urea groups is 1. The second kappa shape index (κ2) is 5.22. The number of ether oxygens (including phenoxy) is 1. The number of amides is 2. The summed E-state index contributed by atoms with van der Waals surface area (Å²) in [5, 5.41) is 0. The van der Waals surface area contributed by atoms with Gasteiger partial charge in [0.05, 0.1) is 18.2 Å². The molecule has 0 spiro atoms. The van der Waals surface area contributed by atoms with E-state index < -0.39 is 17.8 Å². The van der Waals surface area contributed by atoms with E-state index in [-0.39, 0.29) is 12.1 Å². The molecule has 4 nitrogen and oxygen atoms in total. The van der Waals surface area contributed by atoms with Crippen LogP contribution >= 0.6 is 0 Å². The molecule has 7 heteroatoms. The van der Waals surface area contributed by atoms with Crippen molar-refractivity contribution in [2.75, 3.05) is 6.54 Å². The van der Waals surface area contributed by atoms with Gasteiger partial charge in [0.1, 0.15) is 11.9 Å². The average Bonchev–Trinajstić information content (AvgIpc) is 2.33. The van der Waals surface area contributed by atoms with Crippen molar-refractivity contribution in [1.29, 1.82) is 0 Å². The maximum Gasteiger partial charge on any atom is 0.416 e. The number of halogens is 3. The van der Waals surface area contributed by atoms with E-state index in [1.54, 1.807) is 0 Å². The second-order valence-corrected chi connectivity index (χ2v) is 4.64. The molecule has 2 atom stereocenters. The van der Waals surface area contributed by atoms with Crippen LogP contribution in [0, 0.1) is 0 Å². The molecular formula is C13H15F3N2O2. The first-order chi connectivity index (χ1) is 9.32. The van der Waals surface area contributed by atoms with E-state index in [1.807, 2.05) is 6.92 Å². The predicted octanol–water partition coefficient (Wildman–Crippen LogP) is 2.63. The number of nitrogens with two attached hydrogens (primary N) is 1. The minimum Gasteiger partial charge on any atom is -0.486 e. The van der Waals surface area contributed by atoms with Crippen LogP contribution in [0.15, 0.2) is 24.3 Å². The number of hydrogen-bond donors (Lipinski definition) is 1. The Hall–Kier alpha value is -1.92. The van der Waals surface area contributed by atoms with Gasteiger partial charge in [-0.3, -0.25) is 0 Å². The standard InChI is InChI=1S/C13H15F3N2O2/c1-2-10-11(7-18(10)12(17)19)20-9-5-3-8(4-6-9)13(14,15)16/h3-6,10-11H,2,7H2,1H3,(H2,17,19). The Kier molecular flexibility index (Phi) is 3.78. The van der Waals surface area contributed by atoms with Crippen LogP contribution in [-0.2, 0) is 6.18 Å². The molecule has 110 valence electrons. The number of rotatable bonds is 3. The molecule has 2 unspecified atom stereocenters. The summed E-state index contributed by atoms with van der Waals surface area (Å²) in [6.45, 7) is 2.25. The highest BCUT2D eigenvalue weighted by atomic mass is 19.4. The molecule has 1 aromatic carbocycles. The Morgan fingerprint density at radius 2 is 2.00 bits per heavy atom. The number of nitrogens with zero attached hydrogens (tertiary/aromatic N) is 1. The van der Waals surface area contributed by atoms with Crippen molar-refractivity contribution < 1.29 is 22.7 Å². The first-order valence-corrected chi connectivity index (χ1v) is 6.23. The Labute approximate surface area is 114 Å². The van der Waals surface area contributed by atoms with Crippen molar-refractivity contribution in [2.45, 2.75) is 31.7 Å². The number of carbonyl (C=O) groups excluding carboxylic acids is 1. The monoisotopic (exact) mass is 288 g/mol. The number of carbonyl (C=O) groups is 1. The van der Waals surface area contributed by atoms with E-state index in [0.717, 1.165) is 12.1 Å². The summed E-state index contributed by atoms with van der Waals surface area (Å²) in [5.74, 6) is 0.352. The van der Waals surface area contributed by atoms with Crippen LogP contribution < -0.4 is 10.5 Å². The number of likely N-dealkylation sites (tertiary alicyclic amines) is 1. The van der Waals surface area contributed by atoms with Crippen LogP contribution in [0.1, 0.15) is 18.9 Å². The van der Waals surface area contributed by atoms with Gasteiger partial charge >= 0.3 is 12.2 Å². The van der Waals surface area contributed by atoms with Crippen LogP contribution in [0.5, 0.6) is 5.75 Å². The SMILES string of the molecule is CCC1C(Oc2ccc(C(F)(F)F)cc2)CN1C(N)=O. The van der Waals surface area contributed by atoms with Crippen LogP contribution in [-0.4, -0.2) is 29.6 Å². The molecule has 0 aliphatic carbocycles. The maximum atomic E-state index is 12.4. The van der Waals surface area contributed by atoms with Crippen LogP contribution in [0.3, 0.4) is 0 Å². The molecule has 20 heavy (non-hydrogen) atoms. The minimum absolute atomic E-state index is 0.130. The van der Waals surface area contributed by atoms with Gasteiger partial charge in [-0.1, -0.05) is 6.92 Å². The summed E-state index contributed by atoms with van der Waals surface area (Å²) in [5.41, 5.74) is 4.48. The molecule has 2 N–H and O–H groups in total. The second-order valence-electron chi connectivity index (χ2n) is 4.64. The lowest BCUT2D eigenvalue weighted by atomic mass is 9.97. The highest BCUT2D eigenvalue weighted by Gasteiger charge is 2.41. The van der Waals surface area contributed by atoms with Crippen molar-refractivity contribution in [2.24, 2.45) is 5.73 Å². The Morgan fingerprint density at radius 1 is 1.40 bits per heavy atom. The summed E-state index contributed by atoms with van der Waals surface area (Å²) in [7, 11) is 0. The van der Waals surface area contributed by atoms with Gasteiger partial charge in [0.2, 0.25) is 0 Å². The molecule has 1 saturated heterocycles. The first-order valence-electron chi connectivity index (χ1n) is 6.23. The molecule has 1 fully saturated rings. The summed E-state index contributed by atoms with van der Waals surface area (Å²) in [6, 6.07) is 3.87. The fourth-order valence-corrected chi connectivity index (χ4v) is 2.26. The smallest absolute Gasteiger partial charge is 0.416 e. The molecule has 0 saturated carbocycles. The summed E-state index contributed by atoms with van der Waals surface area (Å²) < 4.78 is 42.8. The fraction of sp³-hybridized carbons (Fsp3) is 0.462. The van der Waals surface area contributed by atoms with Crippen molar-refractivity contribution >= 4 is 6.03 Å². The lowest BCUT2D eigenvalue weighted by Crippen LogP contribution is -2.65. The predicted molar refractivity (Wildman–Crippen MR) is 66.2 cm³/mol. The van der Waals surface area contributed by atoms with Gasteiger partial charge in [-0.15, -0.1) is 0 Å². The fourth-order valence-electron chi connectivity index (χ4n) is 2.26. The third kappa shape index (κ3) is 2.81. The molecule has 2 amide bonds. The van der Waals surface area contributed by atoms with E-state index in [0.29, 0.717) is 18.7 Å². The molecule has 1 aliphatic heterocycles. The zero-order valence-electron chi connectivity index (χ0n) is 10.9. The van der Waals surface area contributed by atoms with Gasteiger partial charge in [0, 0.05) is 0 Å². The average molecular weight is 288 g/mol. The zero-order valence-corrected chi connectivity index (χ0v) is 10.9. The van der Waals surface area contributed by atoms with Crippen LogP contribution in [0.4, 0.5) is 18.0 Å². The summed E-state index contributed by atoms with van der Waals surface area (Å²) in [6.07, 6.45) is -3.91. The van der Waals surface area contributed by atoms with Gasteiger partial charge in [0.25, 0.3) is 0 Å². The first kappa shape index (κ1) is 14.5. The van der Waals surface area contributed by atoms with E-state index >= 15 is 0 Å². The molecule has 0 bridgehead atoms. The molecule has 1 heterocycles. The lowest BCUT2D eigenvalue weighted by Gasteiger charge is -2.46. The third-order valence-electron chi connectivity index (χ3n) is 3.38. The van der Waals surface area contributed by atoms with Gasteiger partial charge in [-0.25, -0.2) is 4.79 Å². The molecule has 0 aromatic heterocycles. The molecule has 1 aromatic rings. The molecule has 1 aliphatic rings. The van der Waals surface area contributed by atoms with Gasteiger partial charge in [0.15, 0.2) is 0 Å². The van der Waals surface area contributed by atoms with Crippen LogP contribution in [0.25, 0.3) is 0 Å². The van der Waals surface area contributed by atoms with Gasteiger partial charge < -0.3 is 15.4 Å². The van der Waals surface area contributed by atoms with E-state index in [4.69, 9.17) is 10.5 Å². The van der Waals surface area contributed by atoms with Crippen molar-refractivity contribution in [3.05, 3.63) is 29.8 Å². The Bertz CT molecular complexity index is 487. The lowest BCUT2D eigenvalue weighted by molar-refractivity contribution is -0.137. The summed E-state index contributed by atoms with van der Waals surface area (Å²) in [4.78, 5) is 12.6. The maximum absolute atomic E-state index is 12.4. The number of primary amides is 1. The molecular weight excluding hydrogens is 273 g/mol. The van der Waals surface area contributed by atoms with Crippen LogP contribution in [0.2, 0.25) is 0 Å². The normalized spacial score (nSPS) is 22.3. The van der Waals surface area contributed by atoms with Gasteiger partial charge in [-0.2, -0.15) is 13.2 Å². The van der Waals surface area contributed by atoms with Crippen molar-refractivity contribution in [1.82, 2.24) is 4.90 Å². The molecule has 0 radical (unpaired) electrons. The largest absolute Gasteiger partial charge is 0.486 e. The van der Waals surface area contributed by atoms with E-state index in [9.17, 15) is 18.0 Å². The quantitative estimate of drug-likeness (QED) is 0.929. The zero-order chi connectivity index (χ0) is 14.9. The van der Waals surface area contributed by atoms with Crippen molar-refractivity contribution in [3.63, 3.8) is 0 Å². The Balaban J connectivity index is 2.00. The van der Waals surface area contributed by atoms with Gasteiger partial charge in [-0.05, 0) is 30.7 Å². The Morgan fingerprint density at radius 3 is 2.45 bits per heavy atom. The summed E-state index contributed by atoms with van der Waals surface area (Å²) >= 11 is 0. The highest BCUT2D eigenvalue weighted by molar-refractivity contribution is 5.73.